The van der Waals surface area contributed by atoms with Crippen LogP contribution in [0.5, 0.6) is 0 Å². The van der Waals surface area contributed by atoms with Gasteiger partial charge >= 0.3 is 5.97 Å². The number of nitrogens with zero attached hydrogens (tertiary/aromatic N) is 1. The van der Waals surface area contributed by atoms with Crippen LogP contribution in [0.2, 0.25) is 0 Å². The van der Waals surface area contributed by atoms with Crippen LogP contribution in [0.3, 0.4) is 0 Å². The Morgan fingerprint density at radius 1 is 1.32 bits per heavy atom. The first-order valence-electron chi connectivity index (χ1n) is 6.83. The van der Waals surface area contributed by atoms with Crippen LogP contribution in [0.4, 0.5) is 0 Å². The highest BCUT2D eigenvalue weighted by atomic mass is 32.1. The lowest BCUT2D eigenvalue weighted by Gasteiger charge is -2.35. The van der Waals surface area contributed by atoms with Gasteiger partial charge in [0.15, 0.2) is 0 Å². The maximum absolute atomic E-state index is 12.3. The van der Waals surface area contributed by atoms with E-state index in [2.05, 4.69) is 0 Å². The molecule has 1 aliphatic rings. The van der Waals surface area contributed by atoms with Crippen LogP contribution in [0.15, 0.2) is 35.7 Å². The van der Waals surface area contributed by atoms with Crippen molar-refractivity contribution in [2.75, 3.05) is 20.2 Å². The van der Waals surface area contributed by atoms with Gasteiger partial charge < -0.3 is 14.7 Å². The van der Waals surface area contributed by atoms with Crippen molar-refractivity contribution in [1.29, 1.82) is 0 Å². The summed E-state index contributed by atoms with van der Waals surface area (Å²) in [5.74, 6) is -0.491. The molecule has 22 heavy (non-hydrogen) atoms. The van der Waals surface area contributed by atoms with E-state index in [1.54, 1.807) is 23.1 Å². The van der Waals surface area contributed by atoms with Gasteiger partial charge in [0.2, 0.25) is 0 Å². The zero-order chi connectivity index (χ0) is 15.7. The maximum atomic E-state index is 12.3. The molecule has 5 nitrogen and oxygen atoms in total. The van der Waals surface area contributed by atoms with E-state index in [0.717, 1.165) is 11.1 Å². The SMILES string of the molecule is COC(=O)c1sccc1-c1cccc(C(=O)N2CC(O)C2)c1. The summed E-state index contributed by atoms with van der Waals surface area (Å²) in [6, 6.07) is 8.99. The van der Waals surface area contributed by atoms with Crippen LogP contribution in [-0.2, 0) is 4.74 Å². The number of amides is 1. The molecule has 0 unspecified atom stereocenters. The fourth-order valence-corrected chi connectivity index (χ4v) is 3.24. The lowest BCUT2D eigenvalue weighted by molar-refractivity contribution is 0.00590. The summed E-state index contributed by atoms with van der Waals surface area (Å²) < 4.78 is 4.78. The summed E-state index contributed by atoms with van der Waals surface area (Å²) in [7, 11) is 1.35. The Bertz CT molecular complexity index is 718. The molecule has 6 heteroatoms. The van der Waals surface area contributed by atoms with Crippen LogP contribution in [-0.4, -0.2) is 48.2 Å². The second-order valence-electron chi connectivity index (χ2n) is 5.10. The smallest absolute Gasteiger partial charge is 0.348 e. The second-order valence-corrected chi connectivity index (χ2v) is 6.02. The standard InChI is InChI=1S/C16H15NO4S/c1-21-16(20)14-13(5-6-22-14)10-3-2-4-11(7-10)15(19)17-8-12(18)9-17/h2-7,12,18H,8-9H2,1H3. The van der Waals surface area contributed by atoms with Gasteiger partial charge in [0.05, 0.1) is 13.2 Å². The number of β-amino-alcohol motifs (C(OH)–C–C–N with tert-alkyl or cyclic N) is 1. The highest BCUT2D eigenvalue weighted by Crippen LogP contribution is 2.30. The lowest BCUT2D eigenvalue weighted by Crippen LogP contribution is -2.53. The molecule has 114 valence electrons. The Hall–Kier alpha value is -2.18. The number of likely N-dealkylation sites (tertiary alicyclic amines) is 1. The van der Waals surface area contributed by atoms with Gasteiger partial charge in [-0.2, -0.15) is 0 Å². The zero-order valence-corrected chi connectivity index (χ0v) is 12.8. The van der Waals surface area contributed by atoms with Gasteiger partial charge in [-0.05, 0) is 29.1 Å². The fourth-order valence-electron chi connectivity index (χ4n) is 2.41. The lowest BCUT2D eigenvalue weighted by atomic mass is 10.0. The summed E-state index contributed by atoms with van der Waals surface area (Å²) >= 11 is 1.31. The average Bonchev–Trinajstić information content (AvgIpc) is 3.00. The van der Waals surface area contributed by atoms with Crippen LogP contribution in [0.25, 0.3) is 11.1 Å². The Balaban J connectivity index is 1.90. The molecule has 0 atom stereocenters. The molecule has 0 saturated carbocycles. The van der Waals surface area contributed by atoms with Crippen LogP contribution in [0.1, 0.15) is 20.0 Å². The highest BCUT2D eigenvalue weighted by Gasteiger charge is 2.29. The van der Waals surface area contributed by atoms with E-state index in [1.165, 1.54) is 18.4 Å². The molecule has 2 aromatic rings. The van der Waals surface area contributed by atoms with Crippen LogP contribution < -0.4 is 0 Å². The molecule has 1 saturated heterocycles. The van der Waals surface area contributed by atoms with Crippen LogP contribution in [0, 0.1) is 0 Å². The second kappa shape index (κ2) is 5.90. The quantitative estimate of drug-likeness (QED) is 0.880. The number of carbonyl (C=O) groups is 2. The summed E-state index contributed by atoms with van der Waals surface area (Å²) in [5, 5.41) is 11.1. The number of esters is 1. The van der Waals surface area contributed by atoms with Crippen molar-refractivity contribution in [3.63, 3.8) is 0 Å². The van der Waals surface area contributed by atoms with Crippen molar-refractivity contribution in [2.24, 2.45) is 0 Å². The molecule has 1 aromatic heterocycles. The van der Waals surface area contributed by atoms with Crippen molar-refractivity contribution in [3.8, 4) is 11.1 Å². The number of benzene rings is 1. The predicted molar refractivity (Wildman–Crippen MR) is 83.0 cm³/mol. The summed E-state index contributed by atoms with van der Waals surface area (Å²) in [4.78, 5) is 26.2. The normalized spacial score (nSPS) is 14.5. The summed E-state index contributed by atoms with van der Waals surface area (Å²) in [5.41, 5.74) is 2.11. The third-order valence-corrected chi connectivity index (χ3v) is 4.50. The molecule has 0 spiro atoms. The van der Waals surface area contributed by atoms with Gasteiger partial charge in [-0.25, -0.2) is 4.79 Å². The summed E-state index contributed by atoms with van der Waals surface area (Å²) in [6.07, 6.45) is -0.421. The van der Waals surface area contributed by atoms with Gasteiger partial charge in [-0.3, -0.25) is 4.79 Å². The van der Waals surface area contributed by atoms with Gasteiger partial charge in [-0.1, -0.05) is 12.1 Å². The summed E-state index contributed by atoms with van der Waals surface area (Å²) in [6.45, 7) is 0.740. The van der Waals surface area contributed by atoms with Crippen molar-refractivity contribution in [1.82, 2.24) is 4.90 Å². The van der Waals surface area contributed by atoms with E-state index in [-0.39, 0.29) is 11.9 Å². The van der Waals surface area contributed by atoms with E-state index in [1.807, 2.05) is 17.5 Å². The van der Waals surface area contributed by atoms with E-state index in [9.17, 15) is 14.7 Å². The molecule has 0 bridgehead atoms. The Morgan fingerprint density at radius 3 is 2.77 bits per heavy atom. The number of rotatable bonds is 3. The number of ether oxygens (including phenoxy) is 1. The number of carbonyl (C=O) groups excluding carboxylic acids is 2. The monoisotopic (exact) mass is 317 g/mol. The topological polar surface area (TPSA) is 66.8 Å². The molecule has 1 fully saturated rings. The Morgan fingerprint density at radius 2 is 2.09 bits per heavy atom. The molecule has 3 rings (SSSR count). The van der Waals surface area contributed by atoms with E-state index in [0.29, 0.717) is 23.5 Å². The van der Waals surface area contributed by atoms with Gasteiger partial charge in [0.1, 0.15) is 4.88 Å². The van der Waals surface area contributed by atoms with E-state index in [4.69, 9.17) is 4.74 Å². The van der Waals surface area contributed by atoms with Crippen molar-refractivity contribution in [2.45, 2.75) is 6.10 Å². The Kier molecular flexibility index (Phi) is 3.96. The highest BCUT2D eigenvalue weighted by molar-refractivity contribution is 7.12. The van der Waals surface area contributed by atoms with Crippen LogP contribution >= 0.6 is 11.3 Å². The fraction of sp³-hybridized carbons (Fsp3) is 0.250. The number of hydrogen-bond donors (Lipinski definition) is 1. The van der Waals surface area contributed by atoms with Crippen molar-refractivity contribution in [3.05, 3.63) is 46.2 Å². The van der Waals surface area contributed by atoms with Gasteiger partial charge in [-0.15, -0.1) is 11.3 Å². The van der Waals surface area contributed by atoms with Crippen molar-refractivity contribution >= 4 is 23.2 Å². The van der Waals surface area contributed by atoms with Crippen molar-refractivity contribution < 1.29 is 19.4 Å². The molecular formula is C16H15NO4S. The van der Waals surface area contributed by atoms with E-state index < -0.39 is 6.10 Å². The molecule has 0 aliphatic carbocycles. The Labute approximate surface area is 131 Å². The van der Waals surface area contributed by atoms with Gasteiger partial charge in [0.25, 0.3) is 5.91 Å². The minimum atomic E-state index is -0.421. The predicted octanol–water partition coefficient (Wildman–Crippen LogP) is 2.02. The number of methoxy groups -OCH3 is 1. The third kappa shape index (κ3) is 2.63. The van der Waals surface area contributed by atoms with Gasteiger partial charge in [0, 0.05) is 24.2 Å². The molecule has 1 aliphatic heterocycles. The van der Waals surface area contributed by atoms with E-state index >= 15 is 0 Å². The first-order valence-corrected chi connectivity index (χ1v) is 7.71. The maximum Gasteiger partial charge on any atom is 0.348 e. The molecule has 1 aromatic carbocycles. The minimum Gasteiger partial charge on any atom is -0.465 e. The number of aliphatic hydroxyl groups excluding tert-OH is 1. The zero-order valence-electron chi connectivity index (χ0n) is 12.0. The minimum absolute atomic E-state index is 0.109. The molecular weight excluding hydrogens is 302 g/mol. The molecule has 2 heterocycles. The number of aliphatic hydroxyl groups is 1. The number of thiophene rings is 1. The molecule has 0 radical (unpaired) electrons. The molecule has 1 amide bonds. The largest absolute Gasteiger partial charge is 0.465 e. The average molecular weight is 317 g/mol. The number of hydrogen-bond acceptors (Lipinski definition) is 5. The molecule has 1 N–H and O–H groups in total. The first-order chi connectivity index (χ1) is 10.6. The third-order valence-electron chi connectivity index (χ3n) is 3.61. The first kappa shape index (κ1) is 14.7.